The molecule has 1 aliphatic carbocycles. The van der Waals surface area contributed by atoms with Gasteiger partial charge in [0.05, 0.1) is 11.6 Å². The second-order valence-electron chi connectivity index (χ2n) is 8.03. The number of hydrogen-bond acceptors (Lipinski definition) is 4. The van der Waals surface area contributed by atoms with Gasteiger partial charge in [-0.15, -0.1) is 0 Å². The first-order valence-electron chi connectivity index (χ1n) is 10.4. The molecule has 0 amide bonds. The van der Waals surface area contributed by atoms with Crippen LogP contribution in [0.1, 0.15) is 42.9 Å². The SMILES string of the molecule is O=c1ccc2c(C(O)CN[C@@H]3CCC[C@@H]3CCc3ccccc3)ccc(O)c2[nH]1. The summed E-state index contributed by atoms with van der Waals surface area (Å²) in [4.78, 5) is 14.2. The fraction of sp³-hybridized carbons (Fsp3) is 0.375. The largest absolute Gasteiger partial charge is 0.506 e. The van der Waals surface area contributed by atoms with E-state index in [2.05, 4.69) is 34.6 Å². The number of aromatic amines is 1. The number of aliphatic hydroxyl groups excluding tert-OH is 1. The number of phenolic OH excluding ortho intramolecular Hbond substituents is 1. The van der Waals surface area contributed by atoms with Gasteiger partial charge in [0.15, 0.2) is 0 Å². The molecule has 5 heteroatoms. The molecule has 1 aliphatic rings. The quantitative estimate of drug-likeness (QED) is 0.494. The van der Waals surface area contributed by atoms with Crippen molar-refractivity contribution in [1.82, 2.24) is 10.3 Å². The molecule has 29 heavy (non-hydrogen) atoms. The van der Waals surface area contributed by atoms with Crippen molar-refractivity contribution in [2.24, 2.45) is 5.92 Å². The van der Waals surface area contributed by atoms with Gasteiger partial charge in [0, 0.05) is 24.0 Å². The molecule has 4 N–H and O–H groups in total. The number of H-pyrrole nitrogens is 1. The number of aromatic hydroxyl groups is 1. The van der Waals surface area contributed by atoms with Gasteiger partial charge in [-0.3, -0.25) is 4.79 Å². The van der Waals surface area contributed by atoms with Crippen LogP contribution >= 0.6 is 0 Å². The van der Waals surface area contributed by atoms with Crippen LogP contribution in [-0.4, -0.2) is 27.8 Å². The third-order valence-corrected chi connectivity index (χ3v) is 6.14. The van der Waals surface area contributed by atoms with Crippen molar-refractivity contribution in [2.45, 2.75) is 44.2 Å². The molecule has 3 atom stereocenters. The first kappa shape index (κ1) is 19.7. The fourth-order valence-electron chi connectivity index (χ4n) is 4.57. The Morgan fingerprint density at radius 3 is 2.72 bits per heavy atom. The number of hydrogen-bond donors (Lipinski definition) is 4. The molecule has 1 fully saturated rings. The number of fused-ring (bicyclic) bond motifs is 1. The van der Waals surface area contributed by atoms with Crippen LogP contribution in [0.25, 0.3) is 10.9 Å². The van der Waals surface area contributed by atoms with Gasteiger partial charge in [-0.1, -0.05) is 42.8 Å². The Hall–Kier alpha value is -2.63. The lowest BCUT2D eigenvalue weighted by Gasteiger charge is -2.23. The van der Waals surface area contributed by atoms with E-state index in [0.29, 0.717) is 35.0 Å². The van der Waals surface area contributed by atoms with E-state index >= 15 is 0 Å². The maximum Gasteiger partial charge on any atom is 0.248 e. The maximum atomic E-state index is 11.6. The normalized spacial score (nSPS) is 20.2. The number of benzene rings is 2. The predicted molar refractivity (Wildman–Crippen MR) is 115 cm³/mol. The number of phenols is 1. The van der Waals surface area contributed by atoms with Gasteiger partial charge >= 0.3 is 0 Å². The molecule has 2 aromatic carbocycles. The molecular weight excluding hydrogens is 364 g/mol. The zero-order chi connectivity index (χ0) is 20.2. The lowest BCUT2D eigenvalue weighted by Crippen LogP contribution is -2.35. The monoisotopic (exact) mass is 392 g/mol. The Balaban J connectivity index is 1.40. The Bertz CT molecular complexity index is 1020. The summed E-state index contributed by atoms with van der Waals surface area (Å²) >= 11 is 0. The van der Waals surface area contributed by atoms with Crippen molar-refractivity contribution in [3.8, 4) is 5.75 Å². The van der Waals surface area contributed by atoms with E-state index in [1.165, 1.54) is 30.5 Å². The molecule has 0 bridgehead atoms. The van der Waals surface area contributed by atoms with Crippen LogP contribution in [0.5, 0.6) is 5.75 Å². The van der Waals surface area contributed by atoms with Crippen LogP contribution in [0, 0.1) is 5.92 Å². The summed E-state index contributed by atoms with van der Waals surface area (Å²) in [5, 5.41) is 25.1. The molecule has 1 saturated carbocycles. The van der Waals surface area contributed by atoms with Crippen LogP contribution in [0.15, 0.2) is 59.4 Å². The molecule has 152 valence electrons. The highest BCUT2D eigenvalue weighted by molar-refractivity contribution is 5.87. The van der Waals surface area contributed by atoms with Gasteiger partial charge in [-0.2, -0.15) is 0 Å². The van der Waals surface area contributed by atoms with Crippen molar-refractivity contribution >= 4 is 10.9 Å². The first-order chi connectivity index (χ1) is 14.1. The zero-order valence-corrected chi connectivity index (χ0v) is 16.5. The van der Waals surface area contributed by atoms with Gasteiger partial charge in [-0.25, -0.2) is 0 Å². The number of rotatable bonds is 7. The molecule has 0 saturated heterocycles. The van der Waals surface area contributed by atoms with Gasteiger partial charge < -0.3 is 20.5 Å². The van der Waals surface area contributed by atoms with E-state index in [0.717, 1.165) is 19.3 Å². The highest BCUT2D eigenvalue weighted by Crippen LogP contribution is 2.31. The standard InChI is InChI=1S/C24H28N2O3/c27-21-13-11-18(19-12-14-23(29)26-24(19)21)22(28)15-25-20-8-4-7-17(20)10-9-16-5-2-1-3-6-16/h1-3,5-6,11-14,17,20,22,25,27-28H,4,7-10,15H2,(H,26,29)/t17-,20-,22?/m1/s1. The van der Waals surface area contributed by atoms with E-state index in [9.17, 15) is 15.0 Å². The molecule has 1 heterocycles. The minimum Gasteiger partial charge on any atom is -0.506 e. The summed E-state index contributed by atoms with van der Waals surface area (Å²) in [6.07, 6.45) is 5.11. The Morgan fingerprint density at radius 2 is 1.90 bits per heavy atom. The summed E-state index contributed by atoms with van der Waals surface area (Å²) < 4.78 is 0. The molecule has 4 rings (SSSR count). The molecule has 5 nitrogen and oxygen atoms in total. The average Bonchev–Trinajstić information content (AvgIpc) is 3.19. The summed E-state index contributed by atoms with van der Waals surface area (Å²) in [5.74, 6) is 0.633. The molecule has 1 unspecified atom stereocenters. The third kappa shape index (κ3) is 4.52. The molecule has 1 aromatic heterocycles. The smallest absolute Gasteiger partial charge is 0.248 e. The number of aryl methyl sites for hydroxylation is 1. The molecule has 0 radical (unpaired) electrons. The first-order valence-corrected chi connectivity index (χ1v) is 10.4. The zero-order valence-electron chi connectivity index (χ0n) is 16.5. The van der Waals surface area contributed by atoms with Crippen LogP contribution in [-0.2, 0) is 6.42 Å². The predicted octanol–water partition coefficient (Wildman–Crippen LogP) is 3.66. The van der Waals surface area contributed by atoms with Crippen LogP contribution < -0.4 is 10.9 Å². The average molecular weight is 392 g/mol. The highest BCUT2D eigenvalue weighted by Gasteiger charge is 2.27. The number of nitrogens with one attached hydrogen (secondary N) is 2. The van der Waals surface area contributed by atoms with Gasteiger partial charge in [0.1, 0.15) is 5.75 Å². The summed E-state index contributed by atoms with van der Waals surface area (Å²) in [7, 11) is 0. The van der Waals surface area contributed by atoms with Crippen LogP contribution in [0.4, 0.5) is 0 Å². The Kier molecular flexibility index (Phi) is 5.97. The summed E-state index contributed by atoms with van der Waals surface area (Å²) in [6, 6.07) is 17.3. The van der Waals surface area contributed by atoms with Crippen LogP contribution in [0.3, 0.4) is 0 Å². The topological polar surface area (TPSA) is 85.3 Å². The van der Waals surface area contributed by atoms with E-state index in [4.69, 9.17) is 0 Å². The third-order valence-electron chi connectivity index (χ3n) is 6.14. The molecular formula is C24H28N2O3. The fourth-order valence-corrected chi connectivity index (χ4v) is 4.57. The second-order valence-corrected chi connectivity index (χ2v) is 8.03. The van der Waals surface area contributed by atoms with Crippen LogP contribution in [0.2, 0.25) is 0 Å². The molecule has 3 aromatic rings. The maximum absolute atomic E-state index is 11.6. The van der Waals surface area contributed by atoms with Gasteiger partial charge in [0.2, 0.25) is 5.56 Å². The van der Waals surface area contributed by atoms with E-state index < -0.39 is 6.10 Å². The number of pyridine rings is 1. The summed E-state index contributed by atoms with van der Waals surface area (Å²) in [5.41, 5.74) is 2.18. The van der Waals surface area contributed by atoms with Gasteiger partial charge in [-0.05, 0) is 54.9 Å². The highest BCUT2D eigenvalue weighted by atomic mass is 16.3. The molecule has 0 spiro atoms. The number of aromatic nitrogens is 1. The van der Waals surface area contributed by atoms with Crippen molar-refractivity contribution in [3.05, 3.63) is 76.1 Å². The second kappa shape index (κ2) is 8.80. The number of aliphatic hydroxyl groups is 1. The van der Waals surface area contributed by atoms with E-state index in [1.54, 1.807) is 12.1 Å². The van der Waals surface area contributed by atoms with Gasteiger partial charge in [0.25, 0.3) is 0 Å². The van der Waals surface area contributed by atoms with E-state index in [1.807, 2.05) is 6.07 Å². The minimum absolute atomic E-state index is 0.0124. The van der Waals surface area contributed by atoms with Crippen molar-refractivity contribution in [2.75, 3.05) is 6.54 Å². The lowest BCUT2D eigenvalue weighted by atomic mass is 9.94. The lowest BCUT2D eigenvalue weighted by molar-refractivity contribution is 0.167. The van der Waals surface area contributed by atoms with E-state index in [-0.39, 0.29) is 11.3 Å². The van der Waals surface area contributed by atoms with Crippen molar-refractivity contribution in [3.63, 3.8) is 0 Å². The Labute approximate surface area is 170 Å². The van der Waals surface area contributed by atoms with Crippen molar-refractivity contribution < 1.29 is 10.2 Å². The van der Waals surface area contributed by atoms with Crippen molar-refractivity contribution in [1.29, 1.82) is 0 Å². The Morgan fingerprint density at radius 1 is 1.07 bits per heavy atom. The molecule has 0 aliphatic heterocycles. The summed E-state index contributed by atoms with van der Waals surface area (Å²) in [6.45, 7) is 0.450. The minimum atomic E-state index is -0.709.